The van der Waals surface area contributed by atoms with Gasteiger partial charge >= 0.3 is 35.9 Å². The van der Waals surface area contributed by atoms with Crippen LogP contribution in [0, 0.1) is 63.7 Å². The second-order valence-corrected chi connectivity index (χ2v) is 5.13. The molecule has 1 aromatic carbocycles. The van der Waals surface area contributed by atoms with Crippen molar-refractivity contribution in [3.63, 3.8) is 0 Å². The van der Waals surface area contributed by atoms with Crippen LogP contribution in [-0.4, -0.2) is 18.5 Å². The van der Waals surface area contributed by atoms with Crippen LogP contribution in [0.1, 0.15) is 5.56 Å². The molecule has 116 valence electrons. The Morgan fingerprint density at radius 2 is 1.67 bits per heavy atom. The monoisotopic (exact) mass is 351 g/mol. The number of hydrogen-bond acceptors (Lipinski definition) is 2. The van der Waals surface area contributed by atoms with Crippen molar-refractivity contribution in [3.8, 4) is 0 Å². The van der Waals surface area contributed by atoms with Crippen molar-refractivity contribution in [2.24, 2.45) is 4.99 Å². The van der Waals surface area contributed by atoms with Gasteiger partial charge in [0.25, 0.3) is 0 Å². The Balaban J connectivity index is 0.000000357. The van der Waals surface area contributed by atoms with Gasteiger partial charge in [-0.2, -0.15) is 0 Å². The van der Waals surface area contributed by atoms with Crippen molar-refractivity contribution in [1.82, 2.24) is 0 Å². The van der Waals surface area contributed by atoms with E-state index in [0.717, 1.165) is 18.2 Å². The van der Waals surface area contributed by atoms with E-state index in [2.05, 4.69) is 35.7 Å². The van der Waals surface area contributed by atoms with Crippen molar-refractivity contribution in [1.29, 1.82) is 0 Å². The molecule has 0 spiro atoms. The van der Waals surface area contributed by atoms with E-state index in [1.54, 1.807) is 0 Å². The Labute approximate surface area is 169 Å². The van der Waals surface area contributed by atoms with E-state index in [0.29, 0.717) is 6.61 Å². The van der Waals surface area contributed by atoms with E-state index in [-0.39, 0.29) is 42.0 Å². The summed E-state index contributed by atoms with van der Waals surface area (Å²) in [5, 5.41) is 0. The Morgan fingerprint density at radius 3 is 2.25 bits per heavy atom. The van der Waals surface area contributed by atoms with E-state index >= 15 is 0 Å². The van der Waals surface area contributed by atoms with Gasteiger partial charge < -0.3 is 11.2 Å². The van der Waals surface area contributed by atoms with Crippen molar-refractivity contribution >= 4 is 5.90 Å². The molecule has 4 rings (SSSR count). The van der Waals surface area contributed by atoms with E-state index < -0.39 is 0 Å². The molecular weight excluding hydrogens is 333 g/mol. The van der Waals surface area contributed by atoms with Gasteiger partial charge in [0.05, 0.1) is 6.04 Å². The van der Waals surface area contributed by atoms with Crippen LogP contribution in [0.3, 0.4) is 0 Å². The Morgan fingerprint density at radius 1 is 1.00 bits per heavy atom. The van der Waals surface area contributed by atoms with Crippen molar-refractivity contribution < 1.29 is 40.7 Å². The molecule has 0 amide bonds. The van der Waals surface area contributed by atoms with Crippen LogP contribution in [-0.2, 0) is 28.2 Å². The number of ether oxygens (including phenoxy) is 1. The minimum absolute atomic E-state index is 0. The van der Waals surface area contributed by atoms with Gasteiger partial charge in [-0.1, -0.05) is 43.2 Å². The summed E-state index contributed by atoms with van der Waals surface area (Å²) in [7, 11) is 0. The maximum atomic E-state index is 5.60. The van der Waals surface area contributed by atoms with Gasteiger partial charge in [-0.3, -0.25) is 4.99 Å². The van der Waals surface area contributed by atoms with E-state index in [1.807, 2.05) is 57.4 Å². The molecule has 2 fully saturated rings. The zero-order chi connectivity index (χ0) is 15.0. The first-order valence-electron chi connectivity index (χ1n) is 7.47. The van der Waals surface area contributed by atoms with Gasteiger partial charge in [-0.05, 0) is 44.1 Å². The van der Waals surface area contributed by atoms with Crippen LogP contribution in [0.2, 0.25) is 0 Å². The molecule has 3 aliphatic rings. The van der Waals surface area contributed by atoms with E-state index in [4.69, 9.17) is 4.74 Å². The molecule has 0 N–H and O–H groups in total. The fraction of sp³-hybridized carbons (Fsp3) is 0.150. The summed E-state index contributed by atoms with van der Waals surface area (Å²) in [6, 6.07) is 10.6. The minimum atomic E-state index is 0. The van der Waals surface area contributed by atoms with Gasteiger partial charge in [-0.25, -0.2) is 6.42 Å². The molecule has 1 aliphatic heterocycles. The van der Waals surface area contributed by atoms with Gasteiger partial charge in [0.2, 0.25) is 0 Å². The normalized spacial score (nSPS) is 22.5. The van der Waals surface area contributed by atoms with Crippen LogP contribution in [0.25, 0.3) is 0 Å². The average molecular weight is 351 g/mol. The zero-order valence-corrected chi connectivity index (χ0v) is 14.8. The van der Waals surface area contributed by atoms with Crippen LogP contribution >= 0.6 is 0 Å². The molecule has 0 bridgehead atoms. The Kier molecular flexibility index (Phi) is 11.1. The predicted molar refractivity (Wildman–Crippen MR) is 88.2 cm³/mol. The SMILES string of the molecule is [C-]1[CH][CH][CH][C]1C1=N[C@@H](Cc2ccccc2)CO1.[CH]1[CH][CH][CH][CH]1.[Fe+2].[Li+]. The van der Waals surface area contributed by atoms with Gasteiger partial charge in [-0.15, -0.1) is 5.92 Å². The summed E-state index contributed by atoms with van der Waals surface area (Å²) in [5.74, 6) is 1.69. The molecule has 2 nitrogen and oxygen atoms in total. The van der Waals surface area contributed by atoms with Crippen LogP contribution < -0.4 is 18.9 Å². The molecule has 10 radical (unpaired) electrons. The molecule has 2 aliphatic carbocycles. The summed E-state index contributed by atoms with van der Waals surface area (Å²) < 4.78 is 5.60. The van der Waals surface area contributed by atoms with Crippen molar-refractivity contribution in [2.45, 2.75) is 12.5 Å². The van der Waals surface area contributed by atoms with Crippen molar-refractivity contribution in [2.75, 3.05) is 6.61 Å². The van der Waals surface area contributed by atoms with E-state index in [1.165, 1.54) is 5.56 Å². The molecule has 24 heavy (non-hydrogen) atoms. The maximum absolute atomic E-state index is 5.60. The van der Waals surface area contributed by atoms with E-state index in [9.17, 15) is 0 Å². The molecule has 1 heterocycles. The second kappa shape index (κ2) is 12.2. The minimum Gasteiger partial charge on any atom is -0.481 e. The standard InChI is InChI=1S/C15H13NO.C5H5.Fe.Li/c1-2-6-12(7-3-1)10-14-11-17-15(16-14)13-8-4-5-9-13;1-2-4-5-3-1;;/h1-8,14H,10-11H2;1-5H;;/q-1;;+2;+1/t14-;;;/m0.../s1. The molecule has 0 aromatic heterocycles. The smallest absolute Gasteiger partial charge is 0.481 e. The molecule has 1 aromatic rings. The Bertz CT molecular complexity index is 462. The third kappa shape index (κ3) is 6.97. The second-order valence-electron chi connectivity index (χ2n) is 5.13. The largest absolute Gasteiger partial charge is 2.00 e. The van der Waals surface area contributed by atoms with Gasteiger partial charge in [0, 0.05) is 0 Å². The maximum Gasteiger partial charge on any atom is 2.00 e. The number of benzene rings is 1. The molecule has 0 saturated heterocycles. The average Bonchev–Trinajstić information content (AvgIpc) is 3.32. The van der Waals surface area contributed by atoms with Gasteiger partial charge in [0.1, 0.15) is 6.61 Å². The summed E-state index contributed by atoms with van der Waals surface area (Å²) in [6.07, 6.45) is 19.9. The van der Waals surface area contributed by atoms with Crippen molar-refractivity contribution in [3.05, 3.63) is 99.6 Å². The molecule has 2 saturated carbocycles. The first-order chi connectivity index (χ1) is 10.9. The number of rotatable bonds is 3. The van der Waals surface area contributed by atoms with Crippen LogP contribution in [0.5, 0.6) is 0 Å². The number of nitrogens with zero attached hydrogens (tertiary/aromatic N) is 1. The molecule has 4 heteroatoms. The molecule has 0 unspecified atom stereocenters. The first kappa shape index (κ1) is 21.8. The third-order valence-corrected chi connectivity index (χ3v) is 3.41. The summed E-state index contributed by atoms with van der Waals surface area (Å²) >= 11 is 0. The number of aliphatic imine (C=N–C) groups is 1. The fourth-order valence-corrected chi connectivity index (χ4v) is 2.34. The topological polar surface area (TPSA) is 21.6 Å². The quantitative estimate of drug-likeness (QED) is 0.568. The van der Waals surface area contributed by atoms with Crippen LogP contribution in [0.15, 0.2) is 35.3 Å². The van der Waals surface area contributed by atoms with Gasteiger partial charge in [0.15, 0.2) is 5.90 Å². The number of hydrogen-bond donors (Lipinski definition) is 0. The summed E-state index contributed by atoms with van der Waals surface area (Å²) in [5.41, 5.74) is 1.30. The zero-order valence-electron chi connectivity index (χ0n) is 13.7. The Hall–Kier alpha value is -0.193. The molecular formula is C20H18FeLiNO+2. The third-order valence-electron chi connectivity index (χ3n) is 3.41. The summed E-state index contributed by atoms with van der Waals surface area (Å²) in [4.78, 5) is 4.59. The first-order valence-corrected chi connectivity index (χ1v) is 7.47. The predicted octanol–water partition coefficient (Wildman–Crippen LogP) is 0.332. The summed E-state index contributed by atoms with van der Waals surface area (Å²) in [6.45, 7) is 0.670. The molecule has 1 atom stereocenters. The fourth-order valence-electron chi connectivity index (χ4n) is 2.34. The van der Waals surface area contributed by atoms with Crippen LogP contribution in [0.4, 0.5) is 0 Å².